The maximum Gasteiger partial charge on any atom is 0.00797 e. The van der Waals surface area contributed by atoms with Crippen molar-refractivity contribution in [3.63, 3.8) is 0 Å². The summed E-state index contributed by atoms with van der Waals surface area (Å²) in [5.74, 6) is 0.973. The molecule has 1 unspecified atom stereocenters. The Morgan fingerprint density at radius 1 is 1.00 bits per heavy atom. The number of rotatable bonds is 6. The quantitative estimate of drug-likeness (QED) is 0.807. The van der Waals surface area contributed by atoms with Gasteiger partial charge in [0.05, 0.1) is 0 Å². The van der Waals surface area contributed by atoms with Crippen LogP contribution in [0.4, 0.5) is 0 Å². The van der Waals surface area contributed by atoms with Crippen LogP contribution in [0.3, 0.4) is 0 Å². The summed E-state index contributed by atoms with van der Waals surface area (Å²) in [7, 11) is 2.25. The van der Waals surface area contributed by atoms with Crippen molar-refractivity contribution in [1.82, 2.24) is 15.1 Å². The Kier molecular flexibility index (Phi) is 7.32. The van der Waals surface area contributed by atoms with Crippen LogP contribution in [0.2, 0.25) is 0 Å². The van der Waals surface area contributed by atoms with E-state index in [4.69, 9.17) is 0 Å². The van der Waals surface area contributed by atoms with Crippen molar-refractivity contribution in [3.05, 3.63) is 0 Å². The van der Waals surface area contributed by atoms with Crippen LogP contribution in [-0.2, 0) is 0 Å². The lowest BCUT2D eigenvalue weighted by Gasteiger charge is -2.29. The summed E-state index contributed by atoms with van der Waals surface area (Å²) in [5, 5.41) is 3.84. The van der Waals surface area contributed by atoms with Gasteiger partial charge in [0, 0.05) is 6.04 Å². The van der Waals surface area contributed by atoms with Gasteiger partial charge in [-0.15, -0.1) is 0 Å². The summed E-state index contributed by atoms with van der Waals surface area (Å²) in [6.07, 6.45) is 9.63. The van der Waals surface area contributed by atoms with Gasteiger partial charge in [-0.05, 0) is 97.2 Å². The third-order valence-electron chi connectivity index (χ3n) is 5.18. The fraction of sp³-hybridized carbons (Fsp3) is 1.00. The predicted octanol–water partition coefficient (Wildman–Crippen LogP) is 2.57. The number of piperidine rings is 1. The maximum absolute atomic E-state index is 3.84. The second-order valence-electron chi connectivity index (χ2n) is 6.96. The molecule has 0 spiro atoms. The average molecular weight is 281 g/mol. The zero-order chi connectivity index (χ0) is 14.2. The zero-order valence-electron chi connectivity index (χ0n) is 13.7. The summed E-state index contributed by atoms with van der Waals surface area (Å²) in [4.78, 5) is 5.12. The zero-order valence-corrected chi connectivity index (χ0v) is 13.7. The largest absolute Gasteiger partial charge is 0.314 e. The summed E-state index contributed by atoms with van der Waals surface area (Å²) < 4.78 is 0. The smallest absolute Gasteiger partial charge is 0.00797 e. The third kappa shape index (κ3) is 5.71. The molecule has 1 atom stereocenters. The van der Waals surface area contributed by atoms with Crippen LogP contribution in [-0.4, -0.2) is 62.2 Å². The molecule has 1 N–H and O–H groups in total. The van der Waals surface area contributed by atoms with Gasteiger partial charge in [0.15, 0.2) is 0 Å². The highest BCUT2D eigenvalue weighted by atomic mass is 15.1. The average Bonchev–Trinajstić information content (AvgIpc) is 2.67. The van der Waals surface area contributed by atoms with Crippen LogP contribution in [0.5, 0.6) is 0 Å². The summed E-state index contributed by atoms with van der Waals surface area (Å²) in [5.41, 5.74) is 0. The minimum atomic E-state index is 0.781. The second kappa shape index (κ2) is 9.01. The van der Waals surface area contributed by atoms with Gasteiger partial charge >= 0.3 is 0 Å². The fourth-order valence-corrected chi connectivity index (χ4v) is 3.74. The first-order valence-electron chi connectivity index (χ1n) is 8.92. The summed E-state index contributed by atoms with van der Waals surface area (Å²) >= 11 is 0. The first-order chi connectivity index (χ1) is 9.78. The van der Waals surface area contributed by atoms with Crippen LogP contribution in [0.1, 0.15) is 51.9 Å². The first kappa shape index (κ1) is 16.3. The van der Waals surface area contributed by atoms with E-state index in [2.05, 4.69) is 29.1 Å². The van der Waals surface area contributed by atoms with E-state index in [1.807, 2.05) is 0 Å². The molecule has 2 heterocycles. The van der Waals surface area contributed by atoms with Gasteiger partial charge < -0.3 is 15.1 Å². The highest BCUT2D eigenvalue weighted by molar-refractivity contribution is 4.76. The molecular weight excluding hydrogens is 246 g/mol. The minimum absolute atomic E-state index is 0.781. The van der Waals surface area contributed by atoms with Crippen LogP contribution < -0.4 is 5.32 Å². The van der Waals surface area contributed by atoms with Crippen molar-refractivity contribution in [2.75, 3.05) is 46.3 Å². The number of hydrogen-bond donors (Lipinski definition) is 1. The molecule has 118 valence electrons. The van der Waals surface area contributed by atoms with Gasteiger partial charge in [-0.25, -0.2) is 0 Å². The maximum atomic E-state index is 3.84. The Bertz CT molecular complexity index is 249. The van der Waals surface area contributed by atoms with Gasteiger partial charge in [0.2, 0.25) is 0 Å². The van der Waals surface area contributed by atoms with Crippen molar-refractivity contribution in [1.29, 1.82) is 0 Å². The number of nitrogens with zero attached hydrogens (tertiary/aromatic N) is 2. The van der Waals surface area contributed by atoms with E-state index in [0.29, 0.717) is 0 Å². The monoisotopic (exact) mass is 281 g/mol. The lowest BCUT2D eigenvalue weighted by atomic mass is 9.93. The Hall–Kier alpha value is -0.120. The summed E-state index contributed by atoms with van der Waals surface area (Å²) in [6.45, 7) is 10.1. The van der Waals surface area contributed by atoms with Crippen molar-refractivity contribution in [2.24, 2.45) is 5.92 Å². The standard InChI is InChI=1S/C17H35N3/c1-3-11-20-12-4-5-17(9-15-20)18-10-6-16-7-13-19(2)14-8-16/h16-18H,3-15H2,1-2H3. The van der Waals surface area contributed by atoms with Gasteiger partial charge in [-0.2, -0.15) is 0 Å². The van der Waals surface area contributed by atoms with E-state index in [-0.39, 0.29) is 0 Å². The molecule has 2 aliphatic heterocycles. The molecule has 2 aliphatic rings. The molecule has 2 rings (SSSR count). The van der Waals surface area contributed by atoms with E-state index in [1.165, 1.54) is 84.2 Å². The number of likely N-dealkylation sites (tertiary alicyclic amines) is 2. The molecule has 0 aromatic heterocycles. The van der Waals surface area contributed by atoms with Crippen LogP contribution in [0.15, 0.2) is 0 Å². The van der Waals surface area contributed by atoms with Gasteiger partial charge in [-0.1, -0.05) is 6.92 Å². The van der Waals surface area contributed by atoms with Gasteiger partial charge in [0.1, 0.15) is 0 Å². The van der Waals surface area contributed by atoms with E-state index in [9.17, 15) is 0 Å². The lowest BCUT2D eigenvalue weighted by molar-refractivity contribution is 0.210. The molecule has 0 aromatic carbocycles. The molecule has 20 heavy (non-hydrogen) atoms. The van der Waals surface area contributed by atoms with E-state index in [1.54, 1.807) is 0 Å². The molecule has 0 bridgehead atoms. The highest BCUT2D eigenvalue weighted by Crippen LogP contribution is 2.19. The molecule has 0 radical (unpaired) electrons. The van der Waals surface area contributed by atoms with Crippen LogP contribution in [0.25, 0.3) is 0 Å². The molecule has 3 heteroatoms. The molecule has 3 nitrogen and oxygen atoms in total. The highest BCUT2D eigenvalue weighted by Gasteiger charge is 2.18. The minimum Gasteiger partial charge on any atom is -0.314 e. The lowest BCUT2D eigenvalue weighted by Crippen LogP contribution is -2.35. The Balaban J connectivity index is 1.57. The topological polar surface area (TPSA) is 18.5 Å². The molecular formula is C17H35N3. The van der Waals surface area contributed by atoms with E-state index in [0.717, 1.165) is 12.0 Å². The molecule has 0 aliphatic carbocycles. The van der Waals surface area contributed by atoms with E-state index < -0.39 is 0 Å². The Labute approximate surface area is 126 Å². The fourth-order valence-electron chi connectivity index (χ4n) is 3.74. The molecule has 0 amide bonds. The molecule has 2 fully saturated rings. The van der Waals surface area contributed by atoms with Crippen molar-refractivity contribution in [3.8, 4) is 0 Å². The number of nitrogens with one attached hydrogen (secondary N) is 1. The predicted molar refractivity (Wildman–Crippen MR) is 87.2 cm³/mol. The van der Waals surface area contributed by atoms with Crippen LogP contribution in [0, 0.1) is 5.92 Å². The first-order valence-corrected chi connectivity index (χ1v) is 8.92. The third-order valence-corrected chi connectivity index (χ3v) is 5.18. The number of hydrogen-bond acceptors (Lipinski definition) is 3. The summed E-state index contributed by atoms with van der Waals surface area (Å²) in [6, 6.07) is 0.781. The van der Waals surface area contributed by atoms with Gasteiger partial charge in [-0.3, -0.25) is 0 Å². The molecule has 0 aromatic rings. The SMILES string of the molecule is CCCN1CCCC(NCCC2CCN(C)CC2)CC1. The van der Waals surface area contributed by atoms with Crippen molar-refractivity contribution < 1.29 is 0 Å². The molecule has 2 saturated heterocycles. The van der Waals surface area contributed by atoms with Gasteiger partial charge in [0.25, 0.3) is 0 Å². The normalized spacial score (nSPS) is 27.6. The van der Waals surface area contributed by atoms with Crippen LogP contribution >= 0.6 is 0 Å². The van der Waals surface area contributed by atoms with Crippen molar-refractivity contribution >= 4 is 0 Å². The molecule has 0 saturated carbocycles. The Morgan fingerprint density at radius 3 is 2.55 bits per heavy atom. The second-order valence-corrected chi connectivity index (χ2v) is 6.96. The van der Waals surface area contributed by atoms with E-state index >= 15 is 0 Å². The van der Waals surface area contributed by atoms with Crippen molar-refractivity contribution in [2.45, 2.75) is 57.9 Å². The Morgan fingerprint density at radius 2 is 1.80 bits per heavy atom.